The van der Waals surface area contributed by atoms with Gasteiger partial charge in [-0.05, 0) is 30.7 Å². The van der Waals surface area contributed by atoms with Crippen LogP contribution in [0, 0.1) is 6.92 Å². The summed E-state index contributed by atoms with van der Waals surface area (Å²) in [7, 11) is 1.32. The zero-order chi connectivity index (χ0) is 21.0. The Hall–Kier alpha value is -2.56. The van der Waals surface area contributed by atoms with Crippen molar-refractivity contribution >= 4 is 68.6 Å². The Morgan fingerprint density at radius 2 is 2.03 bits per heavy atom. The van der Waals surface area contributed by atoms with Crippen LogP contribution in [0.15, 0.2) is 34.6 Å². The molecular formula is C19H17N3O4S3. The van der Waals surface area contributed by atoms with Gasteiger partial charge in [-0.25, -0.2) is 9.78 Å². The number of nitrogens with one attached hydrogen (secondary N) is 1. The lowest BCUT2D eigenvalue weighted by atomic mass is 10.1. The summed E-state index contributed by atoms with van der Waals surface area (Å²) in [6, 6.07) is 6.71. The summed E-state index contributed by atoms with van der Waals surface area (Å²) < 4.78 is 5.07. The maximum absolute atomic E-state index is 12.6. The van der Waals surface area contributed by atoms with Crippen molar-refractivity contribution in [2.24, 2.45) is 0 Å². The maximum atomic E-state index is 12.6. The molecule has 1 aliphatic heterocycles. The summed E-state index contributed by atoms with van der Waals surface area (Å²) in [6.45, 7) is 2.04. The third-order valence-corrected chi connectivity index (χ3v) is 6.18. The number of hydrogen-bond acceptors (Lipinski definition) is 8. The van der Waals surface area contributed by atoms with Crippen molar-refractivity contribution in [3.05, 3.63) is 51.4 Å². The number of anilines is 1. The van der Waals surface area contributed by atoms with Crippen molar-refractivity contribution in [2.45, 2.75) is 13.3 Å². The maximum Gasteiger partial charge on any atom is 0.337 e. The number of benzene rings is 1. The highest BCUT2D eigenvalue weighted by Gasteiger charge is 2.32. The number of thiocarbonyl (C=S) groups is 1. The average Bonchev–Trinajstić information content (AvgIpc) is 3.22. The topological polar surface area (TPSA) is 88.6 Å². The normalized spacial score (nSPS) is 15.1. The average molecular weight is 448 g/mol. The molecule has 1 N–H and O–H groups in total. The zero-order valence-corrected chi connectivity index (χ0v) is 18.1. The van der Waals surface area contributed by atoms with Gasteiger partial charge in [0.1, 0.15) is 4.32 Å². The van der Waals surface area contributed by atoms with Crippen LogP contribution in [-0.4, -0.2) is 45.6 Å². The van der Waals surface area contributed by atoms with Gasteiger partial charge in [-0.2, -0.15) is 0 Å². The lowest BCUT2D eigenvalue weighted by Gasteiger charge is -2.13. The smallest absolute Gasteiger partial charge is 0.337 e. The van der Waals surface area contributed by atoms with Crippen molar-refractivity contribution in [1.82, 2.24) is 9.88 Å². The summed E-state index contributed by atoms with van der Waals surface area (Å²) in [5.74, 6) is -0.889. The minimum atomic E-state index is -0.422. The van der Waals surface area contributed by atoms with Gasteiger partial charge in [0.05, 0.1) is 23.3 Å². The van der Waals surface area contributed by atoms with Gasteiger partial charge in [-0.15, -0.1) is 11.3 Å². The summed E-state index contributed by atoms with van der Waals surface area (Å²) in [6.07, 6.45) is 1.82. The summed E-state index contributed by atoms with van der Waals surface area (Å²) in [5.41, 5.74) is 2.03. The van der Waals surface area contributed by atoms with Crippen LogP contribution < -0.4 is 5.32 Å². The number of amides is 2. The van der Waals surface area contributed by atoms with Gasteiger partial charge < -0.3 is 10.1 Å². The van der Waals surface area contributed by atoms with Crippen molar-refractivity contribution < 1.29 is 19.1 Å². The molecule has 2 heterocycles. The number of thioether (sulfide) groups is 1. The van der Waals surface area contributed by atoms with Crippen molar-refractivity contribution in [3.8, 4) is 0 Å². The van der Waals surface area contributed by atoms with Crippen LogP contribution in [0.5, 0.6) is 0 Å². The molecule has 1 fully saturated rings. The highest BCUT2D eigenvalue weighted by atomic mass is 32.2. The fraction of sp³-hybridized carbons (Fsp3) is 0.211. The van der Waals surface area contributed by atoms with Gasteiger partial charge in [0.25, 0.3) is 5.91 Å². The molecule has 0 radical (unpaired) electrons. The summed E-state index contributed by atoms with van der Waals surface area (Å²) >= 11 is 7.83. The molecule has 2 amide bonds. The van der Waals surface area contributed by atoms with E-state index in [1.807, 2.05) is 12.3 Å². The first kappa shape index (κ1) is 21.2. The third kappa shape index (κ3) is 5.28. The first-order valence-electron chi connectivity index (χ1n) is 8.53. The van der Waals surface area contributed by atoms with E-state index in [9.17, 15) is 14.4 Å². The second kappa shape index (κ2) is 9.29. The molecule has 0 atom stereocenters. The summed E-state index contributed by atoms with van der Waals surface area (Å²) in [5, 5.41) is 5.10. The Morgan fingerprint density at radius 1 is 1.31 bits per heavy atom. The van der Waals surface area contributed by atoms with Crippen LogP contribution in [0.1, 0.15) is 28.0 Å². The van der Waals surface area contributed by atoms with Gasteiger partial charge in [0.2, 0.25) is 5.91 Å². The van der Waals surface area contributed by atoms with E-state index in [0.29, 0.717) is 19.9 Å². The van der Waals surface area contributed by atoms with Crippen LogP contribution in [0.3, 0.4) is 0 Å². The fourth-order valence-corrected chi connectivity index (χ4v) is 4.50. The number of esters is 1. The minimum Gasteiger partial charge on any atom is -0.465 e. The van der Waals surface area contributed by atoms with E-state index in [-0.39, 0.29) is 24.8 Å². The Balaban J connectivity index is 1.60. The first-order valence-corrected chi connectivity index (χ1v) is 10.6. The lowest BCUT2D eigenvalue weighted by molar-refractivity contribution is -0.122. The molecular weight excluding hydrogens is 430 g/mol. The van der Waals surface area contributed by atoms with Crippen LogP contribution in [0.4, 0.5) is 5.13 Å². The molecule has 3 rings (SSSR count). The monoisotopic (exact) mass is 447 g/mol. The van der Waals surface area contributed by atoms with Crippen LogP contribution in [0.25, 0.3) is 6.08 Å². The largest absolute Gasteiger partial charge is 0.465 e. The predicted molar refractivity (Wildman–Crippen MR) is 118 cm³/mol. The number of carbonyl (C=O) groups is 3. The molecule has 0 bridgehead atoms. The molecule has 0 spiro atoms. The Labute approximate surface area is 181 Å². The molecule has 1 aliphatic rings. The molecule has 1 aromatic heterocycles. The van der Waals surface area contributed by atoms with E-state index < -0.39 is 5.97 Å². The molecule has 150 valence electrons. The molecule has 10 heteroatoms. The number of thiazole rings is 1. The molecule has 7 nitrogen and oxygen atoms in total. The SMILES string of the molecule is COC(=O)c1ccc(C=C2SC(=S)N(CCC(=O)Nc3nc(C)cs3)C2=O)cc1. The molecule has 0 unspecified atom stereocenters. The number of aryl methyl sites for hydroxylation is 1. The number of carbonyl (C=O) groups excluding carboxylic acids is 3. The fourth-order valence-electron chi connectivity index (χ4n) is 2.48. The Bertz CT molecular complexity index is 998. The van der Waals surface area contributed by atoms with E-state index in [0.717, 1.165) is 11.3 Å². The van der Waals surface area contributed by atoms with E-state index >= 15 is 0 Å². The van der Waals surface area contributed by atoms with E-state index in [1.54, 1.807) is 30.3 Å². The zero-order valence-electron chi connectivity index (χ0n) is 15.6. The lowest BCUT2D eigenvalue weighted by Crippen LogP contribution is -2.31. The van der Waals surface area contributed by atoms with Gasteiger partial charge in [0, 0.05) is 18.3 Å². The number of nitrogens with zero attached hydrogens (tertiary/aromatic N) is 2. The third-order valence-electron chi connectivity index (χ3n) is 3.93. The molecule has 0 saturated carbocycles. The van der Waals surface area contributed by atoms with Crippen molar-refractivity contribution in [2.75, 3.05) is 19.0 Å². The molecule has 1 aromatic carbocycles. The highest BCUT2D eigenvalue weighted by molar-refractivity contribution is 8.26. The van der Waals surface area contributed by atoms with Crippen LogP contribution >= 0.6 is 35.3 Å². The van der Waals surface area contributed by atoms with E-state index in [4.69, 9.17) is 12.2 Å². The van der Waals surface area contributed by atoms with E-state index in [1.165, 1.54) is 35.1 Å². The Morgan fingerprint density at radius 3 is 2.66 bits per heavy atom. The number of aromatic nitrogens is 1. The second-order valence-electron chi connectivity index (χ2n) is 6.04. The number of rotatable bonds is 6. The minimum absolute atomic E-state index is 0.117. The Kier molecular flexibility index (Phi) is 6.78. The number of methoxy groups -OCH3 is 1. The van der Waals surface area contributed by atoms with Gasteiger partial charge in [0.15, 0.2) is 5.13 Å². The molecule has 0 aliphatic carbocycles. The standard InChI is InChI=1S/C19H17N3O4S3/c1-11-10-28-18(20-11)21-15(23)7-8-22-16(24)14(29-19(22)27)9-12-3-5-13(6-4-12)17(25)26-2/h3-6,9-10H,7-8H2,1-2H3,(H,20,21,23). The van der Waals surface area contributed by atoms with E-state index in [2.05, 4.69) is 15.0 Å². The molecule has 2 aromatic rings. The van der Waals surface area contributed by atoms with Gasteiger partial charge in [-0.3, -0.25) is 14.5 Å². The van der Waals surface area contributed by atoms with Gasteiger partial charge in [-0.1, -0.05) is 36.1 Å². The summed E-state index contributed by atoms with van der Waals surface area (Å²) in [4.78, 5) is 42.3. The van der Waals surface area contributed by atoms with Crippen molar-refractivity contribution in [1.29, 1.82) is 0 Å². The predicted octanol–water partition coefficient (Wildman–Crippen LogP) is 3.47. The van der Waals surface area contributed by atoms with Crippen molar-refractivity contribution in [3.63, 3.8) is 0 Å². The van der Waals surface area contributed by atoms with Crippen LogP contribution in [-0.2, 0) is 14.3 Å². The molecule has 29 heavy (non-hydrogen) atoms. The number of ether oxygens (including phenoxy) is 1. The highest BCUT2D eigenvalue weighted by Crippen LogP contribution is 2.32. The quantitative estimate of drug-likeness (QED) is 0.412. The van der Waals surface area contributed by atoms with Gasteiger partial charge >= 0.3 is 5.97 Å². The second-order valence-corrected chi connectivity index (χ2v) is 8.57. The number of hydrogen-bond donors (Lipinski definition) is 1. The van der Waals surface area contributed by atoms with Crippen LogP contribution in [0.2, 0.25) is 0 Å². The first-order chi connectivity index (χ1) is 13.9. The molecule has 1 saturated heterocycles.